The van der Waals surface area contributed by atoms with Gasteiger partial charge in [0.15, 0.2) is 0 Å². The molecule has 33 heavy (non-hydrogen) atoms. The third-order valence-electron chi connectivity index (χ3n) is 6.17. The van der Waals surface area contributed by atoms with E-state index in [-0.39, 0.29) is 0 Å². The second-order valence-electron chi connectivity index (χ2n) is 8.42. The molecule has 0 aliphatic carbocycles. The zero-order valence-corrected chi connectivity index (χ0v) is 18.8. The van der Waals surface area contributed by atoms with Gasteiger partial charge in [-0.3, -0.25) is 9.58 Å². The number of rotatable bonds is 7. The standard InChI is InChI=1S/C25H27N7O/c1-29-9-11-30(12-10-29)13-14-33-24-6-5-23(31-8-7-27-19-31)22-17-28-32(25(22)24)18-21-4-2-3-20(15-21)16-26/h2-8,15,17,19H,9-14,18H2,1H3. The molecule has 1 aliphatic rings. The van der Waals surface area contributed by atoms with Gasteiger partial charge in [-0.15, -0.1) is 0 Å². The Labute approximate surface area is 193 Å². The van der Waals surface area contributed by atoms with Crippen LogP contribution in [0.2, 0.25) is 0 Å². The Bertz CT molecular complexity index is 1260. The van der Waals surface area contributed by atoms with Crippen LogP contribution in [0.4, 0.5) is 0 Å². The van der Waals surface area contributed by atoms with Crippen molar-refractivity contribution in [1.82, 2.24) is 29.1 Å². The summed E-state index contributed by atoms with van der Waals surface area (Å²) in [6, 6.07) is 13.9. The van der Waals surface area contributed by atoms with Crippen molar-refractivity contribution < 1.29 is 4.74 Å². The molecule has 1 fully saturated rings. The fraction of sp³-hybridized carbons (Fsp3) is 0.320. The fourth-order valence-electron chi connectivity index (χ4n) is 4.29. The highest BCUT2D eigenvalue weighted by Crippen LogP contribution is 2.31. The minimum atomic E-state index is 0.557. The van der Waals surface area contributed by atoms with Crippen LogP contribution in [0.3, 0.4) is 0 Å². The summed E-state index contributed by atoms with van der Waals surface area (Å²) in [7, 11) is 2.17. The number of nitriles is 1. The second kappa shape index (κ2) is 9.45. The zero-order chi connectivity index (χ0) is 22.6. The van der Waals surface area contributed by atoms with E-state index in [2.05, 4.69) is 39.1 Å². The van der Waals surface area contributed by atoms with Gasteiger partial charge in [-0.05, 0) is 36.9 Å². The first-order valence-electron chi connectivity index (χ1n) is 11.2. The second-order valence-corrected chi connectivity index (χ2v) is 8.42. The molecular formula is C25H27N7O. The predicted molar refractivity (Wildman–Crippen MR) is 127 cm³/mol. The Morgan fingerprint density at radius 2 is 2.00 bits per heavy atom. The van der Waals surface area contributed by atoms with Gasteiger partial charge in [0, 0.05) is 50.5 Å². The van der Waals surface area contributed by atoms with Gasteiger partial charge in [0.05, 0.1) is 36.4 Å². The topological polar surface area (TPSA) is 75.1 Å². The lowest BCUT2D eigenvalue weighted by molar-refractivity contribution is 0.134. The number of nitrogens with zero attached hydrogens (tertiary/aromatic N) is 7. The average Bonchev–Trinajstić information content (AvgIpc) is 3.52. The monoisotopic (exact) mass is 441 g/mol. The maximum Gasteiger partial charge on any atom is 0.145 e. The first-order chi connectivity index (χ1) is 16.2. The molecule has 3 heterocycles. The van der Waals surface area contributed by atoms with Crippen LogP contribution in [-0.2, 0) is 6.54 Å². The highest BCUT2D eigenvalue weighted by Gasteiger charge is 2.17. The highest BCUT2D eigenvalue weighted by atomic mass is 16.5. The minimum Gasteiger partial charge on any atom is -0.490 e. The smallest absolute Gasteiger partial charge is 0.145 e. The molecule has 0 saturated carbocycles. The van der Waals surface area contributed by atoms with Crippen molar-refractivity contribution >= 4 is 10.9 Å². The van der Waals surface area contributed by atoms with E-state index in [1.165, 1.54) is 0 Å². The molecule has 0 amide bonds. The molecule has 4 aromatic rings. The summed E-state index contributed by atoms with van der Waals surface area (Å²) >= 11 is 0. The molecule has 8 nitrogen and oxygen atoms in total. The van der Waals surface area contributed by atoms with Crippen molar-refractivity contribution in [2.24, 2.45) is 0 Å². The van der Waals surface area contributed by atoms with Crippen LogP contribution < -0.4 is 4.74 Å². The Kier molecular flexibility index (Phi) is 6.07. The lowest BCUT2D eigenvalue weighted by Crippen LogP contribution is -2.45. The van der Waals surface area contributed by atoms with Gasteiger partial charge in [0.2, 0.25) is 0 Å². The lowest BCUT2D eigenvalue weighted by atomic mass is 10.1. The Balaban J connectivity index is 1.44. The van der Waals surface area contributed by atoms with E-state index in [0.717, 1.165) is 60.6 Å². The fourth-order valence-corrected chi connectivity index (χ4v) is 4.29. The third-order valence-corrected chi connectivity index (χ3v) is 6.17. The highest BCUT2D eigenvalue weighted by molar-refractivity contribution is 5.92. The van der Waals surface area contributed by atoms with E-state index >= 15 is 0 Å². The zero-order valence-electron chi connectivity index (χ0n) is 18.8. The van der Waals surface area contributed by atoms with Crippen molar-refractivity contribution in [2.45, 2.75) is 6.54 Å². The van der Waals surface area contributed by atoms with Crippen LogP contribution in [0.5, 0.6) is 5.75 Å². The molecule has 2 aromatic carbocycles. The van der Waals surface area contributed by atoms with Gasteiger partial charge in [0.1, 0.15) is 17.9 Å². The van der Waals surface area contributed by atoms with E-state index < -0.39 is 0 Å². The van der Waals surface area contributed by atoms with Crippen LogP contribution in [-0.4, -0.2) is 75.5 Å². The first-order valence-corrected chi connectivity index (χ1v) is 11.2. The SMILES string of the molecule is CN1CCN(CCOc2ccc(-n3ccnc3)c3cnn(Cc4cccc(C#N)c4)c23)CC1. The van der Waals surface area contributed by atoms with Crippen LogP contribution in [0.15, 0.2) is 61.3 Å². The number of hydrogen-bond donors (Lipinski definition) is 0. The maximum atomic E-state index is 9.26. The summed E-state index contributed by atoms with van der Waals surface area (Å²) in [6.45, 7) is 6.41. The molecule has 0 bridgehead atoms. The quantitative estimate of drug-likeness (QED) is 0.439. The van der Waals surface area contributed by atoms with E-state index in [0.29, 0.717) is 18.7 Å². The first kappa shape index (κ1) is 21.2. The van der Waals surface area contributed by atoms with Crippen LogP contribution in [0.25, 0.3) is 16.6 Å². The van der Waals surface area contributed by atoms with Gasteiger partial charge in [-0.2, -0.15) is 10.4 Å². The average molecular weight is 442 g/mol. The molecule has 1 aliphatic heterocycles. The summed E-state index contributed by atoms with van der Waals surface area (Å²) in [4.78, 5) is 9.00. The Hall–Kier alpha value is -3.67. The van der Waals surface area contributed by atoms with Gasteiger partial charge in [-0.1, -0.05) is 12.1 Å². The third kappa shape index (κ3) is 4.60. The molecule has 1 saturated heterocycles. The maximum absolute atomic E-state index is 9.26. The molecule has 168 valence electrons. The summed E-state index contributed by atoms with van der Waals surface area (Å²) in [5, 5.41) is 14.9. The van der Waals surface area contributed by atoms with Gasteiger partial charge >= 0.3 is 0 Å². The van der Waals surface area contributed by atoms with Crippen molar-refractivity contribution in [2.75, 3.05) is 46.4 Å². The Morgan fingerprint density at radius 1 is 1.12 bits per heavy atom. The largest absolute Gasteiger partial charge is 0.490 e. The summed E-state index contributed by atoms with van der Waals surface area (Å²) < 4.78 is 10.3. The molecule has 0 N–H and O–H groups in total. The number of benzene rings is 2. The number of fused-ring (bicyclic) bond motifs is 1. The summed E-state index contributed by atoms with van der Waals surface area (Å²) in [6.07, 6.45) is 7.36. The molecule has 8 heteroatoms. The number of aromatic nitrogens is 4. The predicted octanol–water partition coefficient (Wildman–Crippen LogP) is 2.77. The molecule has 2 aromatic heterocycles. The minimum absolute atomic E-state index is 0.557. The van der Waals surface area contributed by atoms with E-state index in [4.69, 9.17) is 4.74 Å². The van der Waals surface area contributed by atoms with Crippen LogP contribution in [0.1, 0.15) is 11.1 Å². The lowest BCUT2D eigenvalue weighted by Gasteiger charge is -2.32. The normalized spacial score (nSPS) is 15.0. The van der Waals surface area contributed by atoms with E-state index in [9.17, 15) is 5.26 Å². The van der Waals surface area contributed by atoms with E-state index in [1.807, 2.05) is 52.0 Å². The molecule has 0 unspecified atom stereocenters. The Morgan fingerprint density at radius 3 is 2.79 bits per heavy atom. The van der Waals surface area contributed by atoms with Crippen molar-refractivity contribution in [1.29, 1.82) is 5.26 Å². The van der Waals surface area contributed by atoms with Gasteiger partial charge in [0.25, 0.3) is 0 Å². The summed E-state index contributed by atoms with van der Waals surface area (Å²) in [5.74, 6) is 0.817. The van der Waals surface area contributed by atoms with Crippen molar-refractivity contribution in [3.05, 3.63) is 72.4 Å². The van der Waals surface area contributed by atoms with E-state index in [1.54, 1.807) is 12.5 Å². The number of hydrogen-bond acceptors (Lipinski definition) is 6. The molecular weight excluding hydrogens is 414 g/mol. The number of ether oxygens (including phenoxy) is 1. The molecule has 0 radical (unpaired) electrons. The molecule has 5 rings (SSSR count). The van der Waals surface area contributed by atoms with Gasteiger partial charge in [-0.25, -0.2) is 4.98 Å². The van der Waals surface area contributed by atoms with Crippen molar-refractivity contribution in [3.8, 4) is 17.5 Å². The number of imidazole rings is 1. The van der Waals surface area contributed by atoms with Crippen LogP contribution in [0, 0.1) is 11.3 Å². The van der Waals surface area contributed by atoms with Crippen molar-refractivity contribution in [3.63, 3.8) is 0 Å². The van der Waals surface area contributed by atoms with Gasteiger partial charge < -0.3 is 14.2 Å². The number of likely N-dealkylation sites (N-methyl/N-ethyl adjacent to an activating group) is 1. The van der Waals surface area contributed by atoms with Crippen LogP contribution >= 0.6 is 0 Å². The summed E-state index contributed by atoms with van der Waals surface area (Å²) in [5.41, 5.74) is 3.62. The number of piperazine rings is 1. The molecule has 0 spiro atoms. The molecule has 0 atom stereocenters.